The van der Waals surface area contributed by atoms with Crippen molar-refractivity contribution >= 4 is 120 Å². The number of rotatable bonds is 9. The second-order valence-electron chi connectivity index (χ2n) is 25.1. The van der Waals surface area contributed by atoms with Crippen molar-refractivity contribution in [1.29, 1.82) is 0 Å². The van der Waals surface area contributed by atoms with Crippen LogP contribution in [0.3, 0.4) is 0 Å². The molecule has 20 aromatic rings. The Kier molecular flexibility index (Phi) is 12.3. The Labute approximate surface area is 561 Å². The first-order valence-corrected chi connectivity index (χ1v) is 33.2. The van der Waals surface area contributed by atoms with Gasteiger partial charge in [-0.05, 0) is 111 Å². The van der Waals surface area contributed by atoms with Gasteiger partial charge in [0.05, 0.1) is 60.5 Å². The molecule has 20 rings (SSSR count). The van der Waals surface area contributed by atoms with Crippen LogP contribution >= 0.6 is 11.6 Å². The maximum atomic E-state index is 8.62. The summed E-state index contributed by atoms with van der Waals surface area (Å²) in [7, 11) is 0. The van der Waals surface area contributed by atoms with E-state index in [2.05, 4.69) is 309 Å². The molecule has 0 radical (unpaired) electrons. The monoisotopic (exact) mass is 1260 g/mol. The summed E-state index contributed by atoms with van der Waals surface area (Å²) in [6.07, 6.45) is 0. The fraction of sp³-hybridized carbons (Fsp3) is 0. The van der Waals surface area contributed by atoms with Crippen molar-refractivity contribution in [3.63, 3.8) is 0 Å². The average molecular weight is 1260 g/mol. The van der Waals surface area contributed by atoms with Crippen LogP contribution in [0.25, 0.3) is 188 Å². The summed E-state index contributed by atoms with van der Waals surface area (Å²) in [6.45, 7) is 0. The normalized spacial score (nSPS) is 12.0. The fourth-order valence-corrected chi connectivity index (χ4v) is 16.0. The maximum Gasteiger partial charge on any atom is 0.164 e. The second-order valence-corrected chi connectivity index (χ2v) is 25.5. The molecule has 0 bridgehead atoms. The van der Waals surface area contributed by atoms with E-state index in [0.717, 1.165) is 138 Å². The van der Waals surface area contributed by atoms with Gasteiger partial charge in [-0.25, -0.2) is 15.0 Å². The number of hydrogen-bond acceptors (Lipinski definition) is 3. The molecule has 0 aliphatic carbocycles. The van der Waals surface area contributed by atoms with E-state index < -0.39 is 0 Å². The van der Waals surface area contributed by atoms with E-state index in [1.54, 1.807) is 0 Å². The van der Waals surface area contributed by atoms with E-state index >= 15 is 0 Å². The smallest absolute Gasteiger partial charge is 0.164 e. The predicted octanol–water partition coefficient (Wildman–Crippen LogP) is 23.6. The van der Waals surface area contributed by atoms with E-state index in [-0.39, 0.29) is 0 Å². The lowest BCUT2D eigenvalue weighted by Crippen LogP contribution is -2.05. The third-order valence-electron chi connectivity index (χ3n) is 19.8. The van der Waals surface area contributed by atoms with Crippen LogP contribution in [0.5, 0.6) is 0 Å². The van der Waals surface area contributed by atoms with E-state index in [1.165, 1.54) is 32.7 Å². The summed E-state index contributed by atoms with van der Waals surface area (Å²) >= 11 is 8.62. The van der Waals surface area contributed by atoms with Crippen molar-refractivity contribution in [2.45, 2.75) is 0 Å². The summed E-state index contributed by atoms with van der Waals surface area (Å²) in [5.41, 5.74) is 19.1. The Morgan fingerprint density at radius 3 is 0.979 bits per heavy atom. The van der Waals surface area contributed by atoms with Gasteiger partial charge in [0.25, 0.3) is 0 Å². The molecule has 97 heavy (non-hydrogen) atoms. The summed E-state index contributed by atoms with van der Waals surface area (Å²) in [4.78, 5) is 16.1. The number of benzene rings is 15. The van der Waals surface area contributed by atoms with Gasteiger partial charge in [-0.3, -0.25) is 0 Å². The Hall–Kier alpha value is -12.7. The molecular weight excluding hydrogens is 1200 g/mol. The van der Waals surface area contributed by atoms with E-state index in [0.29, 0.717) is 22.5 Å². The molecule has 0 N–H and O–H groups in total. The first kappa shape index (κ1) is 54.8. The van der Waals surface area contributed by atoms with Gasteiger partial charge in [-0.1, -0.05) is 272 Å². The van der Waals surface area contributed by atoms with Crippen molar-refractivity contribution in [2.75, 3.05) is 0 Å². The second kappa shape index (κ2) is 21.7. The zero-order valence-electron chi connectivity index (χ0n) is 52.2. The molecule has 0 fully saturated rings. The minimum absolute atomic E-state index is 0.509. The van der Waals surface area contributed by atoms with E-state index in [4.69, 9.17) is 26.6 Å². The Balaban J connectivity index is 0.978. The lowest BCUT2D eigenvalue weighted by atomic mass is 9.98. The van der Waals surface area contributed by atoms with Gasteiger partial charge in [0, 0.05) is 71.2 Å². The molecule has 8 heteroatoms. The lowest BCUT2D eigenvalue weighted by Gasteiger charge is -2.19. The molecule has 0 aliphatic rings. The van der Waals surface area contributed by atoms with Crippen LogP contribution in [0.4, 0.5) is 0 Å². The third-order valence-corrected chi connectivity index (χ3v) is 20.2. The van der Waals surface area contributed by atoms with Crippen LogP contribution in [0, 0.1) is 0 Å². The fourth-order valence-electron chi connectivity index (χ4n) is 15.7. The molecule has 5 aromatic heterocycles. The first-order chi connectivity index (χ1) is 48.1. The van der Waals surface area contributed by atoms with Crippen LogP contribution < -0.4 is 0 Å². The van der Waals surface area contributed by atoms with Crippen molar-refractivity contribution < 1.29 is 0 Å². The van der Waals surface area contributed by atoms with Crippen molar-refractivity contribution in [3.05, 3.63) is 333 Å². The van der Waals surface area contributed by atoms with Crippen LogP contribution in [-0.2, 0) is 0 Å². The van der Waals surface area contributed by atoms with Crippen molar-refractivity contribution in [2.24, 2.45) is 0 Å². The molecule has 0 amide bonds. The number of fused-ring (bicyclic) bond motifs is 17. The number of aromatic nitrogens is 7. The molecule has 0 saturated heterocycles. The van der Waals surface area contributed by atoms with E-state index in [9.17, 15) is 0 Å². The van der Waals surface area contributed by atoms with Crippen LogP contribution in [-0.4, -0.2) is 33.2 Å². The molecule has 15 aromatic carbocycles. The zero-order valence-corrected chi connectivity index (χ0v) is 52.9. The maximum absolute atomic E-state index is 8.62. The quantitative estimate of drug-likeness (QED) is 0.145. The number of halogens is 1. The molecule has 0 atom stereocenters. The average Bonchev–Trinajstić information content (AvgIpc) is 1.51. The van der Waals surface area contributed by atoms with Crippen LogP contribution in [0.2, 0.25) is 5.02 Å². The molecule has 5 heterocycles. The Bertz CT molecular complexity index is 6380. The highest BCUT2D eigenvalue weighted by Gasteiger charge is 2.31. The topological polar surface area (TPSA) is 58.4 Å². The Morgan fingerprint density at radius 1 is 0.227 bits per heavy atom. The van der Waals surface area contributed by atoms with Gasteiger partial charge in [-0.15, -0.1) is 0 Å². The zero-order chi connectivity index (χ0) is 63.8. The number of nitrogens with zero attached hydrogens (tertiary/aromatic N) is 7. The largest absolute Gasteiger partial charge is 0.308 e. The minimum atomic E-state index is 0.509. The molecule has 0 unspecified atom stereocenters. The van der Waals surface area contributed by atoms with Gasteiger partial charge >= 0.3 is 0 Å². The van der Waals surface area contributed by atoms with Crippen LogP contribution in [0.15, 0.2) is 328 Å². The Morgan fingerprint density at radius 2 is 0.536 bits per heavy atom. The highest BCUT2D eigenvalue weighted by Crippen LogP contribution is 2.52. The minimum Gasteiger partial charge on any atom is -0.308 e. The highest BCUT2D eigenvalue weighted by atomic mass is 35.5. The number of para-hydroxylation sites is 5. The summed E-state index contributed by atoms with van der Waals surface area (Å²) in [6, 6.07) is 118. The van der Waals surface area contributed by atoms with Gasteiger partial charge in [0.15, 0.2) is 17.5 Å². The summed E-state index contributed by atoms with van der Waals surface area (Å²) < 4.78 is 9.86. The molecule has 0 saturated carbocycles. The molecule has 7 nitrogen and oxygen atoms in total. The standard InChI is InChI=1S/C89H54ClN7/c90-83-78(96-73-46-16-11-39-68(73)69-40-12-17-47-74(69)96)53-61(89-92-87(57-27-3-1-4-28-57)91-88(93-89)58-29-5-2-6-30-58)54-79(83)97-77-50-20-15-43-72(77)82-85-80(70-41-13-18-48-75(70)94(85)62-35-21-33-59(51-62)66-44-23-31-55-25-7-9-37-64(55)66)84-81(86(82)97)71-42-14-19-49-76(71)95(84)63-36-22-34-60(52-63)67-45-24-32-56-26-8-10-38-65(56)67/h1-54H. The van der Waals surface area contributed by atoms with E-state index in [1.807, 2.05) is 36.4 Å². The van der Waals surface area contributed by atoms with Crippen LogP contribution in [0.1, 0.15) is 0 Å². The van der Waals surface area contributed by atoms with Gasteiger partial charge in [0.2, 0.25) is 0 Å². The van der Waals surface area contributed by atoms with Crippen molar-refractivity contribution in [3.8, 4) is 79.2 Å². The van der Waals surface area contributed by atoms with Gasteiger partial charge in [-0.2, -0.15) is 0 Å². The van der Waals surface area contributed by atoms with Gasteiger partial charge in [0.1, 0.15) is 0 Å². The predicted molar refractivity (Wildman–Crippen MR) is 404 cm³/mol. The SMILES string of the molecule is Clc1c(-n2c3ccccc3c3ccccc32)cc(-c2nc(-c3ccccc3)nc(-c3ccccc3)n2)cc1-n1c2ccccc2c2c3c(c4ccccc4n3-c3cccc(-c4cccc5ccccc45)c3)c3c(c4ccccc4n3-c3cccc(-c4cccc5ccccc45)c3)c21. The first-order valence-electron chi connectivity index (χ1n) is 32.9. The number of hydrogen-bond donors (Lipinski definition) is 0. The highest BCUT2D eigenvalue weighted by molar-refractivity contribution is 6.41. The summed E-state index contributed by atoms with van der Waals surface area (Å²) in [5.74, 6) is 1.64. The third kappa shape index (κ3) is 8.39. The van der Waals surface area contributed by atoms with Gasteiger partial charge < -0.3 is 18.3 Å². The van der Waals surface area contributed by atoms with Crippen molar-refractivity contribution in [1.82, 2.24) is 33.2 Å². The molecule has 0 spiro atoms. The molecule has 452 valence electrons. The lowest BCUT2D eigenvalue weighted by molar-refractivity contribution is 1.07. The summed E-state index contributed by atoms with van der Waals surface area (Å²) in [5, 5.41) is 14.2. The molecular formula is C89H54ClN7. The molecule has 0 aliphatic heterocycles.